The van der Waals surface area contributed by atoms with Crippen molar-refractivity contribution in [1.82, 2.24) is 4.98 Å². The fourth-order valence-corrected chi connectivity index (χ4v) is 3.33. The van der Waals surface area contributed by atoms with Crippen LogP contribution in [0, 0.1) is 5.82 Å². The first kappa shape index (κ1) is 18.0. The van der Waals surface area contributed by atoms with Crippen molar-refractivity contribution < 1.29 is 9.18 Å². The number of piperazine rings is 1. The van der Waals surface area contributed by atoms with Gasteiger partial charge in [0.2, 0.25) is 0 Å². The second-order valence-electron chi connectivity index (χ2n) is 6.68. The lowest BCUT2D eigenvalue weighted by atomic mass is 10.2. The van der Waals surface area contributed by atoms with E-state index in [2.05, 4.69) is 44.4 Å². The topological polar surface area (TPSA) is 48.5 Å². The van der Waals surface area contributed by atoms with Gasteiger partial charge in [-0.2, -0.15) is 0 Å². The van der Waals surface area contributed by atoms with E-state index < -0.39 is 5.82 Å². The first-order chi connectivity index (χ1) is 13.7. The molecule has 1 fully saturated rings. The van der Waals surface area contributed by atoms with E-state index in [1.807, 2.05) is 12.1 Å². The Morgan fingerprint density at radius 3 is 2.21 bits per heavy atom. The standard InChI is InChI=1S/C22H21FN4O/c23-17-5-4-6-18(15-17)25-22(28)21-10-9-20(16-24-21)27-13-11-26(12-14-27)19-7-2-1-3-8-19/h1-10,15-16H,11-14H2,(H,25,28). The van der Waals surface area contributed by atoms with Gasteiger partial charge in [-0.15, -0.1) is 0 Å². The highest BCUT2D eigenvalue weighted by atomic mass is 19.1. The molecule has 5 nitrogen and oxygen atoms in total. The minimum absolute atomic E-state index is 0.302. The van der Waals surface area contributed by atoms with E-state index in [-0.39, 0.29) is 5.91 Å². The van der Waals surface area contributed by atoms with E-state index in [0.717, 1.165) is 31.9 Å². The summed E-state index contributed by atoms with van der Waals surface area (Å²) in [4.78, 5) is 21.2. The second-order valence-corrected chi connectivity index (χ2v) is 6.68. The molecule has 1 N–H and O–H groups in total. The minimum atomic E-state index is -0.393. The van der Waals surface area contributed by atoms with Crippen LogP contribution in [-0.2, 0) is 0 Å². The van der Waals surface area contributed by atoms with Crippen molar-refractivity contribution in [2.75, 3.05) is 41.3 Å². The van der Waals surface area contributed by atoms with E-state index in [1.165, 1.54) is 17.8 Å². The number of pyridine rings is 1. The third-order valence-electron chi connectivity index (χ3n) is 4.83. The first-order valence-corrected chi connectivity index (χ1v) is 9.27. The summed E-state index contributed by atoms with van der Waals surface area (Å²) in [5.74, 6) is -0.748. The van der Waals surface area contributed by atoms with Gasteiger partial charge >= 0.3 is 0 Å². The van der Waals surface area contributed by atoms with Crippen LogP contribution in [0.4, 0.5) is 21.5 Å². The lowest BCUT2D eigenvalue weighted by Crippen LogP contribution is -2.46. The van der Waals surface area contributed by atoms with Crippen molar-refractivity contribution in [1.29, 1.82) is 0 Å². The molecule has 3 aromatic rings. The molecule has 2 heterocycles. The van der Waals surface area contributed by atoms with Gasteiger partial charge < -0.3 is 15.1 Å². The molecule has 0 aliphatic carbocycles. The molecular weight excluding hydrogens is 355 g/mol. The molecule has 1 amide bonds. The van der Waals surface area contributed by atoms with Gasteiger partial charge in [0.05, 0.1) is 11.9 Å². The molecule has 6 heteroatoms. The number of hydrogen-bond acceptors (Lipinski definition) is 4. The Balaban J connectivity index is 1.36. The van der Waals surface area contributed by atoms with E-state index >= 15 is 0 Å². The predicted molar refractivity (Wildman–Crippen MR) is 109 cm³/mol. The fraction of sp³-hybridized carbons (Fsp3) is 0.182. The summed E-state index contributed by atoms with van der Waals surface area (Å²) in [5, 5.41) is 2.66. The lowest BCUT2D eigenvalue weighted by molar-refractivity contribution is 0.102. The number of nitrogens with zero attached hydrogens (tertiary/aromatic N) is 3. The molecular formula is C22H21FN4O. The van der Waals surface area contributed by atoms with E-state index in [4.69, 9.17) is 0 Å². The molecule has 142 valence electrons. The molecule has 0 radical (unpaired) electrons. The van der Waals surface area contributed by atoms with E-state index in [9.17, 15) is 9.18 Å². The summed E-state index contributed by atoms with van der Waals surface area (Å²) in [7, 11) is 0. The van der Waals surface area contributed by atoms with Crippen LogP contribution in [0.2, 0.25) is 0 Å². The molecule has 0 unspecified atom stereocenters. The van der Waals surface area contributed by atoms with Crippen LogP contribution in [0.25, 0.3) is 0 Å². The number of rotatable bonds is 4. The summed E-state index contributed by atoms with van der Waals surface area (Å²) in [6.45, 7) is 3.66. The van der Waals surface area contributed by atoms with Crippen LogP contribution in [-0.4, -0.2) is 37.1 Å². The number of benzene rings is 2. The van der Waals surface area contributed by atoms with Crippen LogP contribution in [0.15, 0.2) is 72.9 Å². The number of nitrogens with one attached hydrogen (secondary N) is 1. The number of amides is 1. The molecule has 1 aromatic heterocycles. The summed E-state index contributed by atoms with van der Waals surface area (Å²) in [6.07, 6.45) is 1.72. The SMILES string of the molecule is O=C(Nc1cccc(F)c1)c1ccc(N2CCN(c3ccccc3)CC2)cn1. The Morgan fingerprint density at radius 2 is 1.57 bits per heavy atom. The third kappa shape index (κ3) is 4.11. The van der Waals surface area contributed by atoms with Gasteiger partial charge in [0.1, 0.15) is 11.5 Å². The maximum absolute atomic E-state index is 13.2. The minimum Gasteiger partial charge on any atom is -0.368 e. The fourth-order valence-electron chi connectivity index (χ4n) is 3.33. The summed E-state index contributed by atoms with van der Waals surface area (Å²) < 4.78 is 13.2. The van der Waals surface area contributed by atoms with Crippen LogP contribution >= 0.6 is 0 Å². The molecule has 0 spiro atoms. The molecule has 1 aliphatic rings. The number of hydrogen-bond donors (Lipinski definition) is 1. The monoisotopic (exact) mass is 376 g/mol. The average molecular weight is 376 g/mol. The quantitative estimate of drug-likeness (QED) is 0.753. The Bertz CT molecular complexity index is 938. The van der Waals surface area contributed by atoms with Crippen molar-refractivity contribution in [3.8, 4) is 0 Å². The van der Waals surface area contributed by atoms with Crippen molar-refractivity contribution in [2.45, 2.75) is 0 Å². The Morgan fingerprint density at radius 1 is 0.857 bits per heavy atom. The highest BCUT2D eigenvalue weighted by Gasteiger charge is 2.18. The number of aromatic nitrogens is 1. The van der Waals surface area contributed by atoms with Crippen molar-refractivity contribution in [3.63, 3.8) is 0 Å². The van der Waals surface area contributed by atoms with Gasteiger partial charge in [0.15, 0.2) is 0 Å². The zero-order valence-electron chi connectivity index (χ0n) is 15.4. The van der Waals surface area contributed by atoms with Crippen molar-refractivity contribution in [3.05, 3.63) is 84.4 Å². The van der Waals surface area contributed by atoms with Crippen molar-refractivity contribution >= 4 is 23.0 Å². The van der Waals surface area contributed by atoms with Crippen LogP contribution in [0.5, 0.6) is 0 Å². The molecule has 2 aromatic carbocycles. The van der Waals surface area contributed by atoms with E-state index in [1.54, 1.807) is 24.4 Å². The number of carbonyl (C=O) groups is 1. The molecule has 1 aliphatic heterocycles. The Kier molecular flexibility index (Phi) is 5.19. The highest BCUT2D eigenvalue weighted by molar-refractivity contribution is 6.02. The maximum atomic E-state index is 13.2. The first-order valence-electron chi connectivity index (χ1n) is 9.27. The van der Waals surface area contributed by atoms with Gasteiger partial charge in [-0.3, -0.25) is 4.79 Å². The zero-order valence-corrected chi connectivity index (χ0v) is 15.4. The normalized spacial score (nSPS) is 14.0. The van der Waals surface area contributed by atoms with Gasteiger partial charge in [0.25, 0.3) is 5.91 Å². The largest absolute Gasteiger partial charge is 0.368 e. The van der Waals surface area contributed by atoms with Gasteiger partial charge in [0, 0.05) is 37.6 Å². The van der Waals surface area contributed by atoms with Gasteiger partial charge in [-0.1, -0.05) is 24.3 Å². The summed E-state index contributed by atoms with van der Waals surface area (Å²) >= 11 is 0. The predicted octanol–water partition coefficient (Wildman–Crippen LogP) is 3.80. The van der Waals surface area contributed by atoms with Crippen molar-refractivity contribution in [2.24, 2.45) is 0 Å². The maximum Gasteiger partial charge on any atom is 0.274 e. The van der Waals surface area contributed by atoms with Crippen LogP contribution in [0.1, 0.15) is 10.5 Å². The molecule has 0 bridgehead atoms. The zero-order chi connectivity index (χ0) is 19.3. The lowest BCUT2D eigenvalue weighted by Gasteiger charge is -2.37. The second kappa shape index (κ2) is 8.08. The number of anilines is 3. The number of halogens is 1. The molecule has 0 atom stereocenters. The Hall–Kier alpha value is -3.41. The van der Waals surface area contributed by atoms with Gasteiger partial charge in [-0.05, 0) is 42.5 Å². The van der Waals surface area contributed by atoms with Crippen LogP contribution in [0.3, 0.4) is 0 Å². The molecule has 1 saturated heterocycles. The summed E-state index contributed by atoms with van der Waals surface area (Å²) in [6, 6.07) is 19.8. The van der Waals surface area contributed by atoms with Gasteiger partial charge in [-0.25, -0.2) is 9.37 Å². The molecule has 28 heavy (non-hydrogen) atoms. The summed E-state index contributed by atoms with van der Waals surface area (Å²) in [5.41, 5.74) is 2.95. The third-order valence-corrected chi connectivity index (χ3v) is 4.83. The number of carbonyl (C=O) groups excluding carboxylic acids is 1. The highest BCUT2D eigenvalue weighted by Crippen LogP contribution is 2.20. The molecule has 4 rings (SSSR count). The van der Waals surface area contributed by atoms with E-state index in [0.29, 0.717) is 11.4 Å². The number of para-hydroxylation sites is 1. The van der Waals surface area contributed by atoms with Crippen LogP contribution < -0.4 is 15.1 Å². The average Bonchev–Trinajstić information content (AvgIpc) is 2.75. The smallest absolute Gasteiger partial charge is 0.274 e. The molecule has 0 saturated carbocycles. The Labute approximate surface area is 163 Å².